The maximum absolute atomic E-state index is 12.7. The first-order valence-electron chi connectivity index (χ1n) is 10.4. The highest BCUT2D eigenvalue weighted by Crippen LogP contribution is 2.28. The molecule has 0 spiro atoms. The van der Waals surface area contributed by atoms with Crippen LogP contribution in [-0.2, 0) is 9.53 Å². The molecule has 1 aromatic heterocycles. The predicted octanol–water partition coefficient (Wildman–Crippen LogP) is 2.76. The van der Waals surface area contributed by atoms with Crippen molar-refractivity contribution in [1.29, 1.82) is 0 Å². The minimum Gasteiger partial charge on any atom is -0.378 e. The smallest absolute Gasteiger partial charge is 0.233 e. The van der Waals surface area contributed by atoms with E-state index >= 15 is 0 Å². The van der Waals surface area contributed by atoms with Crippen LogP contribution in [-0.4, -0.2) is 70.7 Å². The van der Waals surface area contributed by atoms with Crippen molar-refractivity contribution < 1.29 is 9.53 Å². The molecule has 29 heavy (non-hydrogen) atoms. The van der Waals surface area contributed by atoms with E-state index < -0.39 is 0 Å². The van der Waals surface area contributed by atoms with E-state index in [1.54, 1.807) is 0 Å². The Labute approximate surface area is 176 Å². The molecule has 0 saturated carbocycles. The zero-order valence-electron chi connectivity index (χ0n) is 17.2. The van der Waals surface area contributed by atoms with Gasteiger partial charge in [-0.2, -0.15) is 0 Å². The maximum atomic E-state index is 12.7. The fraction of sp³-hybridized carbons (Fsp3) is 0.571. The quantitative estimate of drug-likeness (QED) is 0.700. The standard InChI is InChI=1S/C21H29N5O2S/c1-16-5-7-18(8-6-16)26-20(24-10-12-28-13-11-24)22-23-21(26)29-15-19(27)25-9-3-4-17(2)14-25/h5-8,17H,3-4,9-15H2,1-2H3/t17-/m0/s1. The van der Waals surface area contributed by atoms with E-state index in [4.69, 9.17) is 4.74 Å². The monoisotopic (exact) mass is 415 g/mol. The number of carbonyl (C=O) groups is 1. The van der Waals surface area contributed by atoms with Gasteiger partial charge in [-0.15, -0.1) is 10.2 Å². The second kappa shape index (κ2) is 9.17. The van der Waals surface area contributed by atoms with Crippen LogP contribution in [0.5, 0.6) is 0 Å². The second-order valence-corrected chi connectivity index (χ2v) is 8.87. The van der Waals surface area contributed by atoms with Gasteiger partial charge in [0.1, 0.15) is 0 Å². The molecule has 1 amide bonds. The average molecular weight is 416 g/mol. The van der Waals surface area contributed by atoms with Gasteiger partial charge in [-0.25, -0.2) is 0 Å². The van der Waals surface area contributed by atoms with E-state index in [0.29, 0.717) is 24.9 Å². The molecule has 2 aliphatic rings. The third-order valence-corrected chi connectivity index (χ3v) is 6.45. The molecule has 2 aromatic rings. The first-order valence-corrected chi connectivity index (χ1v) is 11.4. The first kappa shape index (κ1) is 20.2. The molecule has 2 saturated heterocycles. The summed E-state index contributed by atoms with van der Waals surface area (Å²) in [6.45, 7) is 8.99. The van der Waals surface area contributed by atoms with Crippen molar-refractivity contribution in [3.63, 3.8) is 0 Å². The van der Waals surface area contributed by atoms with Crippen molar-refractivity contribution in [3.8, 4) is 5.69 Å². The Hall–Kier alpha value is -2.06. The van der Waals surface area contributed by atoms with Crippen LogP contribution in [0.15, 0.2) is 29.4 Å². The molecular weight excluding hydrogens is 386 g/mol. The number of aryl methyl sites for hydroxylation is 1. The number of thioether (sulfide) groups is 1. The molecule has 8 heteroatoms. The van der Waals surface area contributed by atoms with Crippen LogP contribution in [0.4, 0.5) is 5.95 Å². The number of likely N-dealkylation sites (tertiary alicyclic amines) is 1. The molecule has 0 bridgehead atoms. The number of ether oxygens (including phenoxy) is 1. The zero-order chi connectivity index (χ0) is 20.2. The molecule has 3 heterocycles. The van der Waals surface area contributed by atoms with Gasteiger partial charge in [0.15, 0.2) is 5.16 Å². The Kier molecular flexibility index (Phi) is 6.40. The molecule has 0 aliphatic carbocycles. The number of hydrogen-bond acceptors (Lipinski definition) is 6. The highest BCUT2D eigenvalue weighted by molar-refractivity contribution is 7.99. The molecule has 4 rings (SSSR count). The first-order chi connectivity index (χ1) is 14.1. The summed E-state index contributed by atoms with van der Waals surface area (Å²) >= 11 is 1.47. The maximum Gasteiger partial charge on any atom is 0.233 e. The van der Waals surface area contributed by atoms with Gasteiger partial charge >= 0.3 is 0 Å². The van der Waals surface area contributed by atoms with Crippen molar-refractivity contribution >= 4 is 23.6 Å². The van der Waals surface area contributed by atoms with Gasteiger partial charge in [-0.05, 0) is 37.8 Å². The second-order valence-electron chi connectivity index (χ2n) is 7.93. The number of aromatic nitrogens is 3. The zero-order valence-corrected chi connectivity index (χ0v) is 18.0. The molecule has 0 unspecified atom stereocenters. The SMILES string of the molecule is Cc1ccc(-n2c(SCC(=O)N3CCC[C@H](C)C3)nnc2N2CCOCC2)cc1. The number of morpholine rings is 1. The summed E-state index contributed by atoms with van der Waals surface area (Å²) in [4.78, 5) is 16.9. The van der Waals surface area contributed by atoms with Gasteiger partial charge in [-0.1, -0.05) is 36.4 Å². The van der Waals surface area contributed by atoms with Gasteiger partial charge in [0, 0.05) is 26.2 Å². The Morgan fingerprint density at radius 2 is 1.93 bits per heavy atom. The summed E-state index contributed by atoms with van der Waals surface area (Å²) in [6, 6.07) is 8.35. The summed E-state index contributed by atoms with van der Waals surface area (Å²) in [5.74, 6) is 1.98. The minimum absolute atomic E-state index is 0.188. The van der Waals surface area contributed by atoms with E-state index in [1.165, 1.54) is 23.7 Å². The van der Waals surface area contributed by atoms with Crippen molar-refractivity contribution in [2.75, 3.05) is 50.0 Å². The highest BCUT2D eigenvalue weighted by Gasteiger charge is 2.24. The van der Waals surface area contributed by atoms with Gasteiger partial charge in [0.05, 0.1) is 24.7 Å². The highest BCUT2D eigenvalue weighted by atomic mass is 32.2. The number of piperidine rings is 1. The number of carbonyl (C=O) groups excluding carboxylic acids is 1. The topological polar surface area (TPSA) is 63.5 Å². The van der Waals surface area contributed by atoms with E-state index in [1.807, 2.05) is 4.90 Å². The lowest BCUT2D eigenvalue weighted by Crippen LogP contribution is -2.40. The van der Waals surface area contributed by atoms with E-state index in [9.17, 15) is 4.79 Å². The molecule has 1 aromatic carbocycles. The molecular formula is C21H29N5O2S. The van der Waals surface area contributed by atoms with Crippen LogP contribution < -0.4 is 4.90 Å². The summed E-state index contributed by atoms with van der Waals surface area (Å²) in [6.07, 6.45) is 2.31. The normalized spacial score (nSPS) is 20.1. The van der Waals surface area contributed by atoms with Crippen molar-refractivity contribution in [3.05, 3.63) is 29.8 Å². The van der Waals surface area contributed by atoms with Crippen molar-refractivity contribution in [2.24, 2.45) is 5.92 Å². The lowest BCUT2D eigenvalue weighted by atomic mass is 10.0. The van der Waals surface area contributed by atoms with Gasteiger partial charge in [-0.3, -0.25) is 9.36 Å². The summed E-state index contributed by atoms with van der Waals surface area (Å²) in [7, 11) is 0. The number of anilines is 1. The van der Waals surface area contributed by atoms with E-state index in [2.05, 4.69) is 57.8 Å². The molecule has 2 fully saturated rings. The summed E-state index contributed by atoms with van der Waals surface area (Å²) in [5.41, 5.74) is 2.22. The predicted molar refractivity (Wildman–Crippen MR) is 115 cm³/mol. The van der Waals surface area contributed by atoms with Gasteiger partial charge in [0.2, 0.25) is 11.9 Å². The third-order valence-electron chi connectivity index (χ3n) is 5.54. The van der Waals surface area contributed by atoms with E-state index in [-0.39, 0.29) is 5.91 Å². The number of nitrogens with zero attached hydrogens (tertiary/aromatic N) is 5. The average Bonchev–Trinajstić information content (AvgIpc) is 3.17. The number of benzene rings is 1. The van der Waals surface area contributed by atoms with Crippen LogP contribution in [0.3, 0.4) is 0 Å². The largest absolute Gasteiger partial charge is 0.378 e. The fourth-order valence-electron chi connectivity index (χ4n) is 3.88. The number of hydrogen-bond donors (Lipinski definition) is 0. The summed E-state index contributed by atoms with van der Waals surface area (Å²) in [5, 5.41) is 9.68. The van der Waals surface area contributed by atoms with Crippen LogP contribution in [0.2, 0.25) is 0 Å². The Bertz CT molecular complexity index is 832. The third kappa shape index (κ3) is 4.75. The molecule has 0 N–H and O–H groups in total. The lowest BCUT2D eigenvalue weighted by molar-refractivity contribution is -0.130. The summed E-state index contributed by atoms with van der Waals surface area (Å²) < 4.78 is 7.56. The Balaban J connectivity index is 1.55. The molecule has 0 radical (unpaired) electrons. The minimum atomic E-state index is 0.188. The van der Waals surface area contributed by atoms with Crippen LogP contribution in [0, 0.1) is 12.8 Å². The number of rotatable bonds is 5. The Morgan fingerprint density at radius 1 is 1.17 bits per heavy atom. The van der Waals surface area contributed by atoms with Crippen LogP contribution in [0.1, 0.15) is 25.3 Å². The Morgan fingerprint density at radius 3 is 2.66 bits per heavy atom. The van der Waals surface area contributed by atoms with Crippen LogP contribution >= 0.6 is 11.8 Å². The van der Waals surface area contributed by atoms with Crippen LogP contribution in [0.25, 0.3) is 5.69 Å². The molecule has 2 aliphatic heterocycles. The lowest BCUT2D eigenvalue weighted by Gasteiger charge is -2.30. The molecule has 156 valence electrons. The van der Waals surface area contributed by atoms with E-state index in [0.717, 1.165) is 49.4 Å². The van der Waals surface area contributed by atoms with Crippen molar-refractivity contribution in [1.82, 2.24) is 19.7 Å². The molecule has 7 nitrogen and oxygen atoms in total. The van der Waals surface area contributed by atoms with Gasteiger partial charge in [0.25, 0.3) is 0 Å². The van der Waals surface area contributed by atoms with Crippen molar-refractivity contribution in [2.45, 2.75) is 31.8 Å². The molecule has 1 atom stereocenters. The number of amides is 1. The fourth-order valence-corrected chi connectivity index (χ4v) is 4.73. The van der Waals surface area contributed by atoms with Gasteiger partial charge < -0.3 is 14.5 Å².